The summed E-state index contributed by atoms with van der Waals surface area (Å²) in [5.41, 5.74) is 0.948. The fraction of sp³-hybridized carbons (Fsp3) is 0.533. The lowest BCUT2D eigenvalue weighted by Gasteiger charge is -2.33. The Labute approximate surface area is 160 Å². The minimum Gasteiger partial charge on any atom is -0.335 e. The van der Waals surface area contributed by atoms with Gasteiger partial charge in [0.15, 0.2) is 5.69 Å². The van der Waals surface area contributed by atoms with Crippen molar-refractivity contribution in [2.45, 2.75) is 25.3 Å². The van der Waals surface area contributed by atoms with Gasteiger partial charge in [0.25, 0.3) is 5.91 Å². The first-order valence-electron chi connectivity index (χ1n) is 8.26. The maximum atomic E-state index is 12.8. The summed E-state index contributed by atoms with van der Waals surface area (Å²) in [5.74, 6) is -0.196. The molecule has 0 saturated carbocycles. The lowest BCUT2D eigenvalue weighted by molar-refractivity contribution is 0.0690. The molecule has 26 heavy (non-hydrogen) atoms. The third kappa shape index (κ3) is 3.30. The van der Waals surface area contributed by atoms with Crippen LogP contribution in [0.2, 0.25) is 0 Å². The molecule has 2 aromatic rings. The molecule has 0 N–H and O–H groups in total. The van der Waals surface area contributed by atoms with Gasteiger partial charge < -0.3 is 4.90 Å². The highest BCUT2D eigenvalue weighted by molar-refractivity contribution is 9.10. The smallest absolute Gasteiger partial charge is 0.275 e. The normalized spacial score (nSPS) is 16.2. The van der Waals surface area contributed by atoms with Crippen molar-refractivity contribution in [2.75, 3.05) is 26.2 Å². The molecule has 0 unspecified atom stereocenters. The summed E-state index contributed by atoms with van der Waals surface area (Å²) in [6.45, 7) is 5.47. The number of amides is 1. The number of halogens is 1. The van der Waals surface area contributed by atoms with E-state index in [-0.39, 0.29) is 23.9 Å². The van der Waals surface area contributed by atoms with Crippen molar-refractivity contribution in [3.63, 3.8) is 0 Å². The van der Waals surface area contributed by atoms with Crippen LogP contribution in [-0.4, -0.2) is 69.3 Å². The Balaban J connectivity index is 1.71. The molecule has 1 aliphatic heterocycles. The molecule has 142 valence electrons. The van der Waals surface area contributed by atoms with E-state index >= 15 is 0 Å². The number of hydrogen-bond acceptors (Lipinski definition) is 5. The molecule has 0 aromatic carbocycles. The van der Waals surface area contributed by atoms with Crippen molar-refractivity contribution in [3.05, 3.63) is 28.3 Å². The van der Waals surface area contributed by atoms with Crippen LogP contribution in [0.5, 0.6) is 0 Å². The van der Waals surface area contributed by atoms with E-state index in [4.69, 9.17) is 0 Å². The number of hydrogen-bond donors (Lipinski definition) is 0. The van der Waals surface area contributed by atoms with Gasteiger partial charge in [-0.25, -0.2) is 8.42 Å². The molecule has 0 bridgehead atoms. The summed E-state index contributed by atoms with van der Waals surface area (Å²) in [6.07, 6.45) is 3.13. The molecular weight excluding hydrogens is 424 g/mol. The highest BCUT2D eigenvalue weighted by Gasteiger charge is 2.33. The quantitative estimate of drug-likeness (QED) is 0.696. The van der Waals surface area contributed by atoms with Gasteiger partial charge in [0.1, 0.15) is 4.90 Å². The van der Waals surface area contributed by atoms with Crippen LogP contribution < -0.4 is 0 Å². The Morgan fingerprint density at radius 3 is 2.42 bits per heavy atom. The summed E-state index contributed by atoms with van der Waals surface area (Å²) in [4.78, 5) is 14.5. The maximum Gasteiger partial charge on any atom is 0.275 e. The van der Waals surface area contributed by atoms with Gasteiger partial charge in [-0.15, -0.1) is 0 Å². The number of rotatable bonds is 4. The van der Waals surface area contributed by atoms with E-state index in [0.717, 1.165) is 0 Å². The molecular formula is C15H21BrN6O3S. The molecule has 2 aromatic heterocycles. The molecule has 1 saturated heterocycles. The molecule has 0 aliphatic carbocycles. The van der Waals surface area contributed by atoms with Crippen molar-refractivity contribution in [3.8, 4) is 0 Å². The van der Waals surface area contributed by atoms with Crippen LogP contribution >= 0.6 is 15.9 Å². The Morgan fingerprint density at radius 2 is 1.92 bits per heavy atom. The second kappa shape index (κ2) is 7.12. The van der Waals surface area contributed by atoms with Crippen molar-refractivity contribution in [1.82, 2.24) is 28.8 Å². The van der Waals surface area contributed by atoms with Gasteiger partial charge in [0.05, 0.1) is 16.4 Å². The SMILES string of the molecule is CCn1cc(Br)c(C(=O)N2CCN(S(=O)(=O)c3cnn(C)c3C)CC2)n1. The zero-order valence-electron chi connectivity index (χ0n) is 14.9. The maximum absolute atomic E-state index is 12.8. The Kier molecular flexibility index (Phi) is 5.22. The van der Waals surface area contributed by atoms with Gasteiger partial charge in [-0.05, 0) is 29.8 Å². The van der Waals surface area contributed by atoms with E-state index in [2.05, 4.69) is 26.1 Å². The minimum absolute atomic E-state index is 0.196. The monoisotopic (exact) mass is 444 g/mol. The molecule has 3 rings (SSSR count). The van der Waals surface area contributed by atoms with E-state index in [0.29, 0.717) is 35.5 Å². The molecule has 0 spiro atoms. The predicted octanol–water partition coefficient (Wildman–Crippen LogP) is 0.854. The zero-order chi connectivity index (χ0) is 19.1. The van der Waals surface area contributed by atoms with E-state index in [1.54, 1.807) is 29.7 Å². The fourth-order valence-electron chi connectivity index (χ4n) is 2.86. The summed E-state index contributed by atoms with van der Waals surface area (Å²) in [7, 11) is -1.90. The number of aryl methyl sites for hydroxylation is 2. The van der Waals surface area contributed by atoms with Gasteiger partial charge >= 0.3 is 0 Å². The number of aromatic nitrogens is 4. The topological polar surface area (TPSA) is 93.3 Å². The van der Waals surface area contributed by atoms with Gasteiger partial charge in [-0.1, -0.05) is 0 Å². The molecule has 3 heterocycles. The third-order valence-corrected chi connectivity index (χ3v) is 7.16. The number of piperazine rings is 1. The van der Waals surface area contributed by atoms with Crippen molar-refractivity contribution in [1.29, 1.82) is 0 Å². The molecule has 9 nitrogen and oxygen atoms in total. The summed E-state index contributed by atoms with van der Waals surface area (Å²) in [5, 5.41) is 8.28. The van der Waals surface area contributed by atoms with Crippen molar-refractivity contribution >= 4 is 31.9 Å². The zero-order valence-corrected chi connectivity index (χ0v) is 17.3. The molecule has 11 heteroatoms. The van der Waals surface area contributed by atoms with Crippen LogP contribution in [0.4, 0.5) is 0 Å². The molecule has 1 fully saturated rings. The van der Waals surface area contributed by atoms with Crippen molar-refractivity contribution < 1.29 is 13.2 Å². The van der Waals surface area contributed by atoms with Gasteiger partial charge in [-0.3, -0.25) is 14.2 Å². The third-order valence-electron chi connectivity index (χ3n) is 4.58. The predicted molar refractivity (Wildman–Crippen MR) is 98.2 cm³/mol. The summed E-state index contributed by atoms with van der Waals surface area (Å²) in [6, 6.07) is 0. The number of nitrogens with zero attached hydrogens (tertiary/aromatic N) is 6. The highest BCUT2D eigenvalue weighted by atomic mass is 79.9. The van der Waals surface area contributed by atoms with Crippen LogP contribution in [0.1, 0.15) is 23.1 Å². The second-order valence-corrected chi connectivity index (χ2v) is 8.86. The van der Waals surface area contributed by atoms with Gasteiger partial charge in [-0.2, -0.15) is 14.5 Å². The van der Waals surface area contributed by atoms with Gasteiger partial charge in [0.2, 0.25) is 10.0 Å². The summed E-state index contributed by atoms with van der Waals surface area (Å²) >= 11 is 3.36. The molecule has 0 radical (unpaired) electrons. The standard InChI is InChI=1S/C15H21BrN6O3S/c1-4-21-10-12(16)14(18-21)15(23)20-5-7-22(8-6-20)26(24,25)13-9-17-19(3)11(13)2/h9-10H,4-8H2,1-3H3. The van der Waals surface area contributed by atoms with Crippen LogP contribution in [0.15, 0.2) is 21.8 Å². The Hall–Kier alpha value is -1.72. The first kappa shape index (κ1) is 19.1. The number of sulfonamides is 1. The van der Waals surface area contributed by atoms with E-state index in [1.165, 1.54) is 15.2 Å². The average molecular weight is 445 g/mol. The molecule has 1 amide bonds. The fourth-order valence-corrected chi connectivity index (χ4v) is 4.95. The Bertz CT molecular complexity index is 927. The molecule has 1 aliphatic rings. The Morgan fingerprint density at radius 1 is 1.27 bits per heavy atom. The first-order valence-corrected chi connectivity index (χ1v) is 10.5. The second-order valence-electron chi connectivity index (χ2n) is 6.10. The summed E-state index contributed by atoms with van der Waals surface area (Å²) < 4.78 is 30.9. The van der Waals surface area contributed by atoms with E-state index in [9.17, 15) is 13.2 Å². The number of carbonyl (C=O) groups excluding carboxylic acids is 1. The van der Waals surface area contributed by atoms with Crippen LogP contribution in [0, 0.1) is 6.92 Å². The average Bonchev–Trinajstić information content (AvgIpc) is 3.17. The lowest BCUT2D eigenvalue weighted by atomic mass is 10.3. The van der Waals surface area contributed by atoms with E-state index in [1.807, 2.05) is 6.92 Å². The van der Waals surface area contributed by atoms with Crippen LogP contribution in [-0.2, 0) is 23.6 Å². The van der Waals surface area contributed by atoms with Crippen LogP contribution in [0.3, 0.4) is 0 Å². The highest BCUT2D eigenvalue weighted by Crippen LogP contribution is 2.22. The van der Waals surface area contributed by atoms with E-state index < -0.39 is 10.0 Å². The molecule has 0 atom stereocenters. The number of carbonyl (C=O) groups is 1. The van der Waals surface area contributed by atoms with Crippen LogP contribution in [0.25, 0.3) is 0 Å². The first-order chi connectivity index (χ1) is 12.3. The van der Waals surface area contributed by atoms with Gasteiger partial charge in [0, 0.05) is 46.0 Å². The van der Waals surface area contributed by atoms with Crippen molar-refractivity contribution in [2.24, 2.45) is 7.05 Å². The lowest BCUT2D eigenvalue weighted by Crippen LogP contribution is -2.50. The largest absolute Gasteiger partial charge is 0.335 e. The minimum atomic E-state index is -3.61.